The number of carbonyl (C=O) groups is 1. The quantitative estimate of drug-likeness (QED) is 0.608. The van der Waals surface area contributed by atoms with E-state index in [1.54, 1.807) is 7.11 Å². The van der Waals surface area contributed by atoms with E-state index in [1.165, 1.54) is 19.5 Å². The maximum Gasteiger partial charge on any atom is 0.222 e. The Morgan fingerprint density at radius 2 is 1.87 bits per heavy atom. The number of hydrogen-bond donors (Lipinski definition) is 2. The highest BCUT2D eigenvalue weighted by molar-refractivity contribution is 5.85. The first-order chi connectivity index (χ1) is 10.0. The first kappa shape index (κ1) is 25.2. The van der Waals surface area contributed by atoms with Crippen molar-refractivity contribution in [2.45, 2.75) is 45.6 Å². The molecular formula is C16H35Cl2N3O2. The highest BCUT2D eigenvalue weighted by Gasteiger charge is 2.20. The molecule has 0 aromatic rings. The summed E-state index contributed by atoms with van der Waals surface area (Å²) in [7, 11) is 1.59. The van der Waals surface area contributed by atoms with Gasteiger partial charge >= 0.3 is 0 Å². The van der Waals surface area contributed by atoms with Gasteiger partial charge in [0.05, 0.1) is 12.5 Å². The van der Waals surface area contributed by atoms with E-state index in [1.807, 2.05) is 0 Å². The molecule has 5 nitrogen and oxygen atoms in total. The molecule has 0 aromatic carbocycles. The van der Waals surface area contributed by atoms with Crippen LogP contribution in [0.3, 0.4) is 0 Å². The lowest BCUT2D eigenvalue weighted by atomic mass is 9.92. The summed E-state index contributed by atoms with van der Waals surface area (Å²) in [5.41, 5.74) is 5.50. The Bertz CT molecular complexity index is 295. The monoisotopic (exact) mass is 371 g/mol. The van der Waals surface area contributed by atoms with Crippen LogP contribution in [-0.2, 0) is 9.53 Å². The van der Waals surface area contributed by atoms with Gasteiger partial charge in [-0.05, 0) is 37.6 Å². The Morgan fingerprint density at radius 1 is 1.26 bits per heavy atom. The van der Waals surface area contributed by atoms with Gasteiger partial charge in [-0.2, -0.15) is 0 Å². The number of hydrogen-bond acceptors (Lipinski definition) is 4. The number of rotatable bonds is 9. The number of likely N-dealkylation sites (tertiary alicyclic amines) is 1. The second-order valence-electron chi connectivity index (χ2n) is 6.56. The minimum atomic E-state index is -0.165. The summed E-state index contributed by atoms with van der Waals surface area (Å²) in [6.07, 6.45) is 3.72. The lowest BCUT2D eigenvalue weighted by Crippen LogP contribution is -2.39. The van der Waals surface area contributed by atoms with E-state index in [0.29, 0.717) is 13.0 Å². The number of nitrogens with zero attached hydrogens (tertiary/aromatic N) is 1. The van der Waals surface area contributed by atoms with E-state index in [4.69, 9.17) is 10.5 Å². The van der Waals surface area contributed by atoms with E-state index >= 15 is 0 Å². The average molecular weight is 372 g/mol. The third-order valence-corrected chi connectivity index (χ3v) is 4.18. The molecule has 1 fully saturated rings. The van der Waals surface area contributed by atoms with Crippen molar-refractivity contribution >= 4 is 30.7 Å². The Labute approximate surface area is 153 Å². The van der Waals surface area contributed by atoms with Gasteiger partial charge in [0, 0.05) is 33.3 Å². The second kappa shape index (κ2) is 14.3. The Morgan fingerprint density at radius 3 is 2.39 bits per heavy atom. The van der Waals surface area contributed by atoms with Crippen molar-refractivity contribution in [2.75, 3.05) is 39.8 Å². The smallest absolute Gasteiger partial charge is 0.222 e. The van der Waals surface area contributed by atoms with Gasteiger partial charge in [0.25, 0.3) is 0 Å². The number of carbonyl (C=O) groups excluding carboxylic acids is 1. The zero-order valence-corrected chi connectivity index (χ0v) is 16.4. The van der Waals surface area contributed by atoms with Crippen LogP contribution in [0, 0.1) is 11.8 Å². The van der Waals surface area contributed by atoms with Crippen LogP contribution < -0.4 is 11.1 Å². The highest BCUT2D eigenvalue weighted by Crippen LogP contribution is 2.20. The molecule has 1 amide bonds. The maximum absolute atomic E-state index is 11.7. The van der Waals surface area contributed by atoms with Crippen molar-refractivity contribution in [2.24, 2.45) is 17.6 Å². The molecule has 0 aromatic heterocycles. The summed E-state index contributed by atoms with van der Waals surface area (Å²) in [5.74, 6) is 1.67. The van der Waals surface area contributed by atoms with E-state index in [9.17, 15) is 4.79 Å². The molecule has 0 aliphatic carbocycles. The minimum Gasteiger partial charge on any atom is -0.380 e. The third kappa shape index (κ3) is 11.2. The van der Waals surface area contributed by atoms with Crippen LogP contribution in [0.15, 0.2) is 0 Å². The van der Waals surface area contributed by atoms with Gasteiger partial charge in [0.2, 0.25) is 5.91 Å². The van der Waals surface area contributed by atoms with Crippen LogP contribution in [0.2, 0.25) is 0 Å². The van der Waals surface area contributed by atoms with Crippen LogP contribution in [0.5, 0.6) is 0 Å². The molecule has 1 aliphatic rings. The number of nitrogens with one attached hydrogen (secondary N) is 1. The fraction of sp³-hybridized carbons (Fsp3) is 0.938. The average Bonchev–Trinajstić information content (AvgIpc) is 2.43. The van der Waals surface area contributed by atoms with Crippen LogP contribution in [-0.4, -0.2) is 56.7 Å². The van der Waals surface area contributed by atoms with Crippen molar-refractivity contribution in [3.63, 3.8) is 0 Å². The zero-order valence-electron chi connectivity index (χ0n) is 14.8. The molecule has 1 heterocycles. The van der Waals surface area contributed by atoms with Gasteiger partial charge in [0.1, 0.15) is 0 Å². The molecule has 1 saturated heterocycles. The lowest BCUT2D eigenvalue weighted by Gasteiger charge is -2.34. The number of methoxy groups -OCH3 is 1. The molecule has 1 rings (SSSR count). The zero-order chi connectivity index (χ0) is 15.7. The van der Waals surface area contributed by atoms with E-state index in [-0.39, 0.29) is 36.8 Å². The molecule has 1 aliphatic heterocycles. The predicted molar refractivity (Wildman–Crippen MR) is 101 cm³/mol. The number of piperidine rings is 1. The van der Waals surface area contributed by atoms with Crippen molar-refractivity contribution in [1.29, 1.82) is 0 Å². The fourth-order valence-electron chi connectivity index (χ4n) is 3.20. The largest absolute Gasteiger partial charge is 0.380 e. The molecule has 7 heteroatoms. The third-order valence-electron chi connectivity index (χ3n) is 4.18. The molecule has 3 atom stereocenters. The van der Waals surface area contributed by atoms with Gasteiger partial charge in [-0.3, -0.25) is 4.79 Å². The summed E-state index contributed by atoms with van der Waals surface area (Å²) in [4.78, 5) is 14.2. The Hall–Kier alpha value is -0.0700. The van der Waals surface area contributed by atoms with E-state index < -0.39 is 0 Å². The molecule has 0 radical (unpaired) electrons. The number of nitrogens with two attached hydrogens (primary N) is 1. The molecule has 23 heavy (non-hydrogen) atoms. The number of unbranched alkanes of at least 4 members (excludes halogenated alkanes) is 1. The molecular weight excluding hydrogens is 337 g/mol. The standard InChI is InChI=1S/C16H33N3O2.2ClH/c1-13-8-14(2)12-19(11-13)7-5-4-6-18-16(20)9-15(10-17)21-3;;/h13-15H,4-12,17H2,1-3H3,(H,18,20);2*1H. The van der Waals surface area contributed by atoms with Gasteiger partial charge < -0.3 is 20.7 Å². The summed E-state index contributed by atoms with van der Waals surface area (Å²) < 4.78 is 5.10. The summed E-state index contributed by atoms with van der Waals surface area (Å²) in [6, 6.07) is 0. The lowest BCUT2D eigenvalue weighted by molar-refractivity contribution is -0.123. The van der Waals surface area contributed by atoms with Crippen LogP contribution in [0.4, 0.5) is 0 Å². The van der Waals surface area contributed by atoms with Crippen LogP contribution >= 0.6 is 24.8 Å². The van der Waals surface area contributed by atoms with Gasteiger partial charge in [-0.25, -0.2) is 0 Å². The molecule has 0 bridgehead atoms. The SMILES string of the molecule is COC(CN)CC(=O)NCCCCN1CC(C)CC(C)C1.Cl.Cl. The van der Waals surface area contributed by atoms with Gasteiger partial charge in [0.15, 0.2) is 0 Å². The maximum atomic E-state index is 11.7. The number of ether oxygens (including phenoxy) is 1. The van der Waals surface area contributed by atoms with E-state index in [2.05, 4.69) is 24.1 Å². The molecule has 0 saturated carbocycles. The first-order valence-electron chi connectivity index (χ1n) is 8.27. The summed E-state index contributed by atoms with van der Waals surface area (Å²) in [5, 5.41) is 2.94. The summed E-state index contributed by atoms with van der Waals surface area (Å²) in [6.45, 7) is 9.41. The van der Waals surface area contributed by atoms with Gasteiger partial charge in [-0.15, -0.1) is 24.8 Å². The normalized spacial score (nSPS) is 22.6. The fourth-order valence-corrected chi connectivity index (χ4v) is 3.20. The molecule has 140 valence electrons. The number of halogens is 2. The Kier molecular flexibility index (Phi) is 15.6. The molecule has 0 spiro atoms. The first-order valence-corrected chi connectivity index (χ1v) is 8.27. The Balaban J connectivity index is 0. The number of amides is 1. The predicted octanol–water partition coefficient (Wildman–Crippen LogP) is 2.07. The molecule has 3 unspecified atom stereocenters. The minimum absolute atomic E-state index is 0. The van der Waals surface area contributed by atoms with Crippen molar-refractivity contribution < 1.29 is 9.53 Å². The van der Waals surface area contributed by atoms with Crippen molar-refractivity contribution in [1.82, 2.24) is 10.2 Å². The van der Waals surface area contributed by atoms with Crippen LogP contribution in [0.1, 0.15) is 39.5 Å². The summed E-state index contributed by atoms with van der Waals surface area (Å²) >= 11 is 0. The van der Waals surface area contributed by atoms with Crippen LogP contribution in [0.25, 0.3) is 0 Å². The topological polar surface area (TPSA) is 67.6 Å². The van der Waals surface area contributed by atoms with E-state index in [0.717, 1.165) is 37.8 Å². The van der Waals surface area contributed by atoms with Crippen molar-refractivity contribution in [3.8, 4) is 0 Å². The molecule has 3 N–H and O–H groups in total. The van der Waals surface area contributed by atoms with Crippen molar-refractivity contribution in [3.05, 3.63) is 0 Å². The highest BCUT2D eigenvalue weighted by atomic mass is 35.5. The van der Waals surface area contributed by atoms with Gasteiger partial charge in [-0.1, -0.05) is 13.8 Å². The second-order valence-corrected chi connectivity index (χ2v) is 6.56.